The summed E-state index contributed by atoms with van der Waals surface area (Å²) in [4.78, 5) is 0. The number of halogens is 2. The molecule has 0 aliphatic heterocycles. The van der Waals surface area contributed by atoms with Crippen molar-refractivity contribution in [3.05, 3.63) is 35.4 Å². The van der Waals surface area contributed by atoms with E-state index >= 15 is 0 Å². The van der Waals surface area contributed by atoms with E-state index in [9.17, 15) is 0 Å². The van der Waals surface area contributed by atoms with Gasteiger partial charge in [0.25, 0.3) is 0 Å². The largest absolute Gasteiger partial charge is 0.0922 e. The molecular weight excluding hydrogens is 304 g/mol. The molecule has 1 aromatic rings. The SMILES string of the molecule is Cc1ccccc1CC(C)(CBr)CBr. The summed E-state index contributed by atoms with van der Waals surface area (Å²) in [6, 6.07) is 8.61. The zero-order valence-electron chi connectivity index (χ0n) is 8.69. The van der Waals surface area contributed by atoms with Gasteiger partial charge in [-0.05, 0) is 29.9 Å². The average Bonchev–Trinajstić information content (AvgIpc) is 2.21. The van der Waals surface area contributed by atoms with Gasteiger partial charge in [-0.3, -0.25) is 0 Å². The summed E-state index contributed by atoms with van der Waals surface area (Å²) in [5.74, 6) is 0. The highest BCUT2D eigenvalue weighted by molar-refractivity contribution is 9.09. The Hall–Kier alpha value is 0.180. The first-order chi connectivity index (χ1) is 6.61. The van der Waals surface area contributed by atoms with Gasteiger partial charge in [0.1, 0.15) is 0 Å². The van der Waals surface area contributed by atoms with Gasteiger partial charge < -0.3 is 0 Å². The van der Waals surface area contributed by atoms with Gasteiger partial charge in [0, 0.05) is 10.7 Å². The van der Waals surface area contributed by atoms with Crippen LogP contribution in [0.15, 0.2) is 24.3 Å². The summed E-state index contributed by atoms with van der Waals surface area (Å²) < 4.78 is 0. The minimum Gasteiger partial charge on any atom is -0.0922 e. The number of hydrogen-bond donors (Lipinski definition) is 0. The van der Waals surface area contributed by atoms with Gasteiger partial charge in [-0.15, -0.1) is 0 Å². The highest BCUT2D eigenvalue weighted by Crippen LogP contribution is 2.28. The first-order valence-electron chi connectivity index (χ1n) is 4.78. The molecule has 0 saturated heterocycles. The minimum absolute atomic E-state index is 0.312. The third-order valence-electron chi connectivity index (χ3n) is 2.52. The van der Waals surface area contributed by atoms with Crippen LogP contribution in [-0.4, -0.2) is 10.7 Å². The van der Waals surface area contributed by atoms with Crippen LogP contribution in [0.3, 0.4) is 0 Å². The van der Waals surface area contributed by atoms with Gasteiger partial charge in [0.15, 0.2) is 0 Å². The van der Waals surface area contributed by atoms with Gasteiger partial charge in [0.05, 0.1) is 0 Å². The Balaban J connectivity index is 2.82. The number of aryl methyl sites for hydroxylation is 1. The van der Waals surface area contributed by atoms with Crippen LogP contribution in [0, 0.1) is 12.3 Å². The Kier molecular flexibility index (Phi) is 4.65. The topological polar surface area (TPSA) is 0 Å². The predicted molar refractivity (Wildman–Crippen MR) is 70.6 cm³/mol. The van der Waals surface area contributed by atoms with Crippen LogP contribution in [0.1, 0.15) is 18.1 Å². The number of benzene rings is 1. The van der Waals surface area contributed by atoms with E-state index in [1.54, 1.807) is 0 Å². The van der Waals surface area contributed by atoms with Crippen LogP contribution in [0.2, 0.25) is 0 Å². The molecule has 0 heterocycles. The van der Waals surface area contributed by atoms with Crippen molar-refractivity contribution in [3.63, 3.8) is 0 Å². The molecule has 0 unspecified atom stereocenters. The molecule has 0 radical (unpaired) electrons. The zero-order valence-corrected chi connectivity index (χ0v) is 11.9. The van der Waals surface area contributed by atoms with Crippen molar-refractivity contribution in [1.82, 2.24) is 0 Å². The lowest BCUT2D eigenvalue weighted by molar-refractivity contribution is 0.438. The Morgan fingerprint density at radius 2 is 1.71 bits per heavy atom. The van der Waals surface area contributed by atoms with Crippen LogP contribution < -0.4 is 0 Å². The highest BCUT2D eigenvalue weighted by atomic mass is 79.9. The third-order valence-corrected chi connectivity index (χ3v) is 5.23. The first-order valence-corrected chi connectivity index (χ1v) is 7.02. The Bertz CT molecular complexity index is 290. The molecule has 1 aromatic carbocycles. The van der Waals surface area contributed by atoms with Crippen molar-refractivity contribution in [2.75, 3.05) is 10.7 Å². The van der Waals surface area contributed by atoms with Gasteiger partial charge in [-0.1, -0.05) is 63.0 Å². The normalized spacial score (nSPS) is 11.7. The Morgan fingerprint density at radius 3 is 2.21 bits per heavy atom. The molecule has 0 aliphatic carbocycles. The van der Waals surface area contributed by atoms with Crippen LogP contribution in [-0.2, 0) is 6.42 Å². The lowest BCUT2D eigenvalue weighted by atomic mass is 9.86. The molecule has 0 amide bonds. The van der Waals surface area contributed by atoms with Crippen molar-refractivity contribution >= 4 is 31.9 Å². The molecule has 0 bridgehead atoms. The molecule has 78 valence electrons. The minimum atomic E-state index is 0.312. The summed E-state index contributed by atoms with van der Waals surface area (Å²) in [5, 5.41) is 2.05. The summed E-state index contributed by atoms with van der Waals surface area (Å²) in [6.45, 7) is 4.47. The number of hydrogen-bond acceptors (Lipinski definition) is 0. The zero-order chi connectivity index (χ0) is 10.6. The second-order valence-electron chi connectivity index (χ2n) is 4.18. The summed E-state index contributed by atoms with van der Waals surface area (Å²) in [5.41, 5.74) is 3.15. The molecule has 14 heavy (non-hydrogen) atoms. The lowest BCUT2D eigenvalue weighted by Gasteiger charge is -2.25. The fourth-order valence-electron chi connectivity index (χ4n) is 1.40. The van der Waals surface area contributed by atoms with Gasteiger partial charge in [0.2, 0.25) is 0 Å². The molecule has 0 nitrogen and oxygen atoms in total. The molecule has 0 aromatic heterocycles. The second-order valence-corrected chi connectivity index (χ2v) is 5.30. The molecule has 0 aliphatic rings. The molecule has 0 N–H and O–H groups in total. The summed E-state index contributed by atoms with van der Waals surface area (Å²) >= 11 is 7.17. The molecule has 0 atom stereocenters. The maximum Gasteiger partial charge on any atom is 0.00965 e. The highest BCUT2D eigenvalue weighted by Gasteiger charge is 2.22. The standard InChI is InChI=1S/C12H16Br2/c1-10-5-3-4-6-11(10)7-12(2,8-13)9-14/h3-6H,7-9H2,1-2H3. The van der Waals surface area contributed by atoms with Gasteiger partial charge in [-0.25, -0.2) is 0 Å². The maximum absolute atomic E-state index is 3.58. The number of alkyl halides is 2. The molecule has 0 saturated carbocycles. The maximum atomic E-state index is 3.58. The van der Waals surface area contributed by atoms with Crippen LogP contribution in [0.5, 0.6) is 0 Å². The quantitative estimate of drug-likeness (QED) is 0.724. The third kappa shape index (κ3) is 3.09. The van der Waals surface area contributed by atoms with Crippen molar-refractivity contribution in [2.45, 2.75) is 20.3 Å². The van der Waals surface area contributed by atoms with Crippen LogP contribution in [0.4, 0.5) is 0 Å². The second kappa shape index (κ2) is 5.32. The molecule has 0 fully saturated rings. The molecular formula is C12H16Br2. The Morgan fingerprint density at radius 1 is 1.14 bits per heavy atom. The van der Waals surface area contributed by atoms with E-state index in [-0.39, 0.29) is 0 Å². The van der Waals surface area contributed by atoms with Gasteiger partial charge in [-0.2, -0.15) is 0 Å². The van der Waals surface area contributed by atoms with E-state index in [4.69, 9.17) is 0 Å². The van der Waals surface area contributed by atoms with E-state index in [0.29, 0.717) is 5.41 Å². The Labute approximate surface area is 103 Å². The summed E-state index contributed by atoms with van der Waals surface area (Å²) in [6.07, 6.45) is 1.12. The predicted octanol–water partition coefficient (Wildman–Crippen LogP) is 4.33. The number of rotatable bonds is 4. The molecule has 0 spiro atoms. The monoisotopic (exact) mass is 318 g/mol. The average molecular weight is 320 g/mol. The first kappa shape index (κ1) is 12.3. The summed E-state index contributed by atoms with van der Waals surface area (Å²) in [7, 11) is 0. The molecule has 1 rings (SSSR count). The lowest BCUT2D eigenvalue weighted by Crippen LogP contribution is -2.23. The van der Waals surface area contributed by atoms with Crippen molar-refractivity contribution in [2.24, 2.45) is 5.41 Å². The van der Waals surface area contributed by atoms with Crippen LogP contribution in [0.25, 0.3) is 0 Å². The molecule has 2 heteroatoms. The van der Waals surface area contributed by atoms with E-state index < -0.39 is 0 Å². The van der Waals surface area contributed by atoms with E-state index in [2.05, 4.69) is 70.0 Å². The van der Waals surface area contributed by atoms with Crippen molar-refractivity contribution < 1.29 is 0 Å². The van der Waals surface area contributed by atoms with E-state index in [1.807, 2.05) is 0 Å². The van der Waals surface area contributed by atoms with E-state index in [0.717, 1.165) is 17.1 Å². The van der Waals surface area contributed by atoms with Crippen LogP contribution >= 0.6 is 31.9 Å². The fraction of sp³-hybridized carbons (Fsp3) is 0.500. The smallest absolute Gasteiger partial charge is 0.00965 e. The van der Waals surface area contributed by atoms with E-state index in [1.165, 1.54) is 11.1 Å². The van der Waals surface area contributed by atoms with Crippen molar-refractivity contribution in [1.29, 1.82) is 0 Å². The van der Waals surface area contributed by atoms with Crippen molar-refractivity contribution in [3.8, 4) is 0 Å². The van der Waals surface area contributed by atoms with Gasteiger partial charge >= 0.3 is 0 Å². The fourth-order valence-corrected chi connectivity index (χ4v) is 2.72.